The maximum Gasteiger partial charge on any atom is 0.297 e. The number of hydrogen-bond acceptors (Lipinski definition) is 3. The van der Waals surface area contributed by atoms with Gasteiger partial charge < -0.3 is 4.98 Å². The number of pyridine rings is 1. The lowest BCUT2D eigenvalue weighted by Gasteiger charge is -2.08. The van der Waals surface area contributed by atoms with Gasteiger partial charge in [0.05, 0.1) is 11.3 Å². The molecule has 4 heteroatoms. The summed E-state index contributed by atoms with van der Waals surface area (Å²) >= 11 is 0. The van der Waals surface area contributed by atoms with Crippen LogP contribution in [0.3, 0.4) is 0 Å². The van der Waals surface area contributed by atoms with Crippen LogP contribution in [-0.4, -0.2) is 15.2 Å². The van der Waals surface area contributed by atoms with Crippen LogP contribution in [0, 0.1) is 6.92 Å². The SMILES string of the molecule is Cc1ccc(-c2nnc(=O)c3ccc[nH]c2-3)cc1. The van der Waals surface area contributed by atoms with Gasteiger partial charge in [-0.2, -0.15) is 0 Å². The van der Waals surface area contributed by atoms with E-state index in [2.05, 4.69) is 15.2 Å². The highest BCUT2D eigenvalue weighted by Gasteiger charge is 2.14. The molecule has 1 N–H and O–H groups in total. The summed E-state index contributed by atoms with van der Waals surface area (Å²) in [7, 11) is 0. The average Bonchev–Trinajstić information content (AvgIpc) is 2.41. The fourth-order valence-electron chi connectivity index (χ4n) is 1.92. The maximum atomic E-state index is 11.6. The number of H-pyrrole nitrogens is 1. The van der Waals surface area contributed by atoms with Crippen molar-refractivity contribution in [2.24, 2.45) is 0 Å². The molecule has 0 fully saturated rings. The Morgan fingerprint density at radius 1 is 1.06 bits per heavy atom. The Morgan fingerprint density at radius 3 is 2.61 bits per heavy atom. The van der Waals surface area contributed by atoms with E-state index in [9.17, 15) is 4.79 Å². The van der Waals surface area contributed by atoms with Gasteiger partial charge >= 0.3 is 0 Å². The van der Waals surface area contributed by atoms with Gasteiger partial charge in [-0.15, -0.1) is 10.2 Å². The first-order valence-corrected chi connectivity index (χ1v) is 5.67. The first-order chi connectivity index (χ1) is 8.75. The Labute approximate surface area is 104 Å². The molecule has 0 spiro atoms. The van der Waals surface area contributed by atoms with Crippen LogP contribution in [0.2, 0.25) is 0 Å². The van der Waals surface area contributed by atoms with Crippen LogP contribution in [0.15, 0.2) is 47.4 Å². The van der Waals surface area contributed by atoms with Crippen LogP contribution in [0.4, 0.5) is 0 Å². The largest absolute Gasteiger partial charge is 0.359 e. The van der Waals surface area contributed by atoms with E-state index in [1.54, 1.807) is 18.3 Å². The van der Waals surface area contributed by atoms with Crippen molar-refractivity contribution < 1.29 is 0 Å². The van der Waals surface area contributed by atoms with E-state index in [0.717, 1.165) is 11.3 Å². The summed E-state index contributed by atoms with van der Waals surface area (Å²) in [5, 5.41) is 7.69. The van der Waals surface area contributed by atoms with Crippen molar-refractivity contribution in [3.63, 3.8) is 0 Å². The molecule has 2 heterocycles. The first kappa shape index (κ1) is 10.7. The molecule has 0 saturated heterocycles. The molecule has 1 aromatic carbocycles. The summed E-state index contributed by atoms with van der Waals surface area (Å²) in [5.74, 6) is 0. The van der Waals surface area contributed by atoms with Gasteiger partial charge in [0.25, 0.3) is 5.56 Å². The molecule has 18 heavy (non-hydrogen) atoms. The van der Waals surface area contributed by atoms with Gasteiger partial charge in [-0.05, 0) is 19.1 Å². The lowest BCUT2D eigenvalue weighted by molar-refractivity contribution is 0.985. The van der Waals surface area contributed by atoms with Crippen LogP contribution < -0.4 is 5.56 Å². The van der Waals surface area contributed by atoms with E-state index in [4.69, 9.17) is 0 Å². The van der Waals surface area contributed by atoms with E-state index in [1.807, 2.05) is 31.2 Å². The van der Waals surface area contributed by atoms with Crippen molar-refractivity contribution in [1.29, 1.82) is 0 Å². The molecule has 0 amide bonds. The molecule has 0 radical (unpaired) electrons. The molecule has 0 aliphatic carbocycles. The molecule has 0 aromatic heterocycles. The van der Waals surface area contributed by atoms with Crippen molar-refractivity contribution in [3.05, 3.63) is 58.5 Å². The normalized spacial score (nSPS) is 10.7. The number of aryl methyl sites for hydroxylation is 1. The third kappa shape index (κ3) is 1.68. The molecular weight excluding hydrogens is 226 g/mol. The van der Waals surface area contributed by atoms with E-state index in [1.165, 1.54) is 5.56 Å². The smallest absolute Gasteiger partial charge is 0.297 e. The first-order valence-electron chi connectivity index (χ1n) is 5.67. The monoisotopic (exact) mass is 237 g/mol. The summed E-state index contributed by atoms with van der Waals surface area (Å²) in [6, 6.07) is 11.5. The quantitative estimate of drug-likeness (QED) is 0.706. The summed E-state index contributed by atoms with van der Waals surface area (Å²) < 4.78 is 0. The summed E-state index contributed by atoms with van der Waals surface area (Å²) in [6.45, 7) is 2.03. The van der Waals surface area contributed by atoms with Crippen LogP contribution in [0.1, 0.15) is 5.56 Å². The molecule has 3 rings (SSSR count). The third-order valence-electron chi connectivity index (χ3n) is 2.89. The molecule has 2 aliphatic rings. The van der Waals surface area contributed by atoms with Gasteiger partial charge in [0, 0.05) is 11.8 Å². The van der Waals surface area contributed by atoms with Crippen LogP contribution >= 0.6 is 0 Å². The van der Waals surface area contributed by atoms with E-state index >= 15 is 0 Å². The molecule has 0 atom stereocenters. The van der Waals surface area contributed by atoms with E-state index in [0.29, 0.717) is 11.3 Å². The Bertz CT molecular complexity index is 716. The van der Waals surface area contributed by atoms with Crippen LogP contribution in [-0.2, 0) is 0 Å². The number of rotatable bonds is 1. The second-order valence-corrected chi connectivity index (χ2v) is 4.18. The summed E-state index contributed by atoms with van der Waals surface area (Å²) in [4.78, 5) is 14.7. The van der Waals surface area contributed by atoms with Crippen molar-refractivity contribution >= 4 is 0 Å². The van der Waals surface area contributed by atoms with Crippen LogP contribution in [0.5, 0.6) is 0 Å². The summed E-state index contributed by atoms with van der Waals surface area (Å²) in [5.41, 5.74) is 3.80. The van der Waals surface area contributed by atoms with Crippen molar-refractivity contribution in [3.8, 4) is 22.5 Å². The number of benzene rings is 1. The Balaban J connectivity index is 2.28. The number of aromatic nitrogens is 3. The standard InChI is InChI=1S/C14H11N3O/c1-9-4-6-10(7-5-9)12-13-11(3-2-8-15-13)14(18)17-16-12/h2-8,15H,1H3. The lowest BCUT2D eigenvalue weighted by atomic mass is 10.0. The molecule has 0 unspecified atom stereocenters. The minimum absolute atomic E-state index is 0.308. The van der Waals surface area contributed by atoms with Gasteiger partial charge in [0.2, 0.25) is 0 Å². The van der Waals surface area contributed by atoms with Crippen molar-refractivity contribution in [2.45, 2.75) is 6.92 Å². The second kappa shape index (κ2) is 4.07. The number of nitrogens with one attached hydrogen (secondary N) is 1. The van der Waals surface area contributed by atoms with E-state index in [-0.39, 0.29) is 5.56 Å². The molecule has 88 valence electrons. The fourth-order valence-corrected chi connectivity index (χ4v) is 1.92. The zero-order chi connectivity index (χ0) is 12.5. The Hall–Kier alpha value is -2.49. The highest BCUT2D eigenvalue weighted by atomic mass is 16.1. The number of nitrogens with zero attached hydrogens (tertiary/aromatic N) is 2. The predicted molar refractivity (Wildman–Crippen MR) is 69.4 cm³/mol. The van der Waals surface area contributed by atoms with Gasteiger partial charge in [0.15, 0.2) is 0 Å². The van der Waals surface area contributed by atoms with Gasteiger partial charge in [0.1, 0.15) is 5.69 Å². The predicted octanol–water partition coefficient (Wildman–Crippen LogP) is 2.25. The maximum absolute atomic E-state index is 11.6. The fraction of sp³-hybridized carbons (Fsp3) is 0.0714. The van der Waals surface area contributed by atoms with Crippen LogP contribution in [0.25, 0.3) is 22.5 Å². The Kier molecular flexibility index (Phi) is 2.41. The number of fused-ring (bicyclic) bond motifs is 1. The lowest BCUT2D eigenvalue weighted by Crippen LogP contribution is -2.14. The highest BCUT2D eigenvalue weighted by molar-refractivity contribution is 5.77. The van der Waals surface area contributed by atoms with Gasteiger partial charge in [-0.25, -0.2) is 0 Å². The van der Waals surface area contributed by atoms with E-state index < -0.39 is 0 Å². The molecule has 1 aromatic rings. The number of aromatic amines is 1. The van der Waals surface area contributed by atoms with Crippen molar-refractivity contribution in [2.75, 3.05) is 0 Å². The summed E-state index contributed by atoms with van der Waals surface area (Å²) in [6.07, 6.45) is 1.78. The zero-order valence-corrected chi connectivity index (χ0v) is 9.84. The minimum Gasteiger partial charge on any atom is -0.359 e. The molecular formula is C14H11N3O. The Morgan fingerprint density at radius 2 is 1.83 bits per heavy atom. The number of hydrogen-bond donors (Lipinski definition) is 1. The second-order valence-electron chi connectivity index (χ2n) is 4.18. The minimum atomic E-state index is -0.308. The van der Waals surface area contributed by atoms with Gasteiger partial charge in [-0.3, -0.25) is 4.79 Å². The topological polar surface area (TPSA) is 58.6 Å². The average molecular weight is 237 g/mol. The van der Waals surface area contributed by atoms with Crippen molar-refractivity contribution in [1.82, 2.24) is 15.2 Å². The molecule has 2 aliphatic heterocycles. The zero-order valence-electron chi connectivity index (χ0n) is 9.84. The highest BCUT2D eigenvalue weighted by Crippen LogP contribution is 2.26. The molecule has 0 saturated carbocycles. The molecule has 4 nitrogen and oxygen atoms in total. The third-order valence-corrected chi connectivity index (χ3v) is 2.89. The van der Waals surface area contributed by atoms with Gasteiger partial charge in [-0.1, -0.05) is 29.8 Å². The molecule has 0 bridgehead atoms.